The number of nitrogens with one attached hydrogen (secondary N) is 1. The van der Waals surface area contributed by atoms with E-state index >= 15 is 0 Å². The number of rotatable bonds is 5. The maximum atomic E-state index is 11.9. The molecule has 110 valence electrons. The molecule has 1 unspecified atom stereocenters. The monoisotopic (exact) mass is 271 g/mol. The zero-order valence-electron chi connectivity index (χ0n) is 12.1. The van der Waals surface area contributed by atoms with Crippen LogP contribution < -0.4 is 5.32 Å². The molecule has 1 saturated heterocycles. The fourth-order valence-corrected chi connectivity index (χ4v) is 2.27. The van der Waals surface area contributed by atoms with Crippen LogP contribution in [0.2, 0.25) is 0 Å². The summed E-state index contributed by atoms with van der Waals surface area (Å²) in [4.78, 5) is 26.5. The lowest BCUT2D eigenvalue weighted by atomic mass is 9.97. The molecule has 1 atom stereocenters. The number of amides is 2. The highest BCUT2D eigenvalue weighted by molar-refractivity contribution is 5.76. The molecule has 0 aliphatic carbocycles. The summed E-state index contributed by atoms with van der Waals surface area (Å²) in [6, 6.07) is -0.142. The number of likely N-dealkylation sites (tertiary alicyclic amines) is 1. The first-order valence-electron chi connectivity index (χ1n) is 6.80. The molecular weight excluding hydrogens is 246 g/mol. The molecule has 1 aliphatic rings. The van der Waals surface area contributed by atoms with Gasteiger partial charge in [0.25, 0.3) is 0 Å². The molecule has 6 heteroatoms. The molecule has 2 amide bonds. The van der Waals surface area contributed by atoms with E-state index in [1.54, 1.807) is 11.8 Å². The number of carboxylic acid groups (broad SMARTS) is 1. The Kier molecular flexibility index (Phi) is 6.08. The van der Waals surface area contributed by atoms with Gasteiger partial charge in [-0.15, -0.1) is 0 Å². The standard InChI is InChI=1S/C13H25N3O3/c1-10(12(17)18)8-14-13(19)16-6-4-11(5-7-16)9-15(2)3/h10-11H,4-9H2,1-3H3,(H,14,19)(H,17,18). The highest BCUT2D eigenvalue weighted by Gasteiger charge is 2.23. The third-order valence-electron chi connectivity index (χ3n) is 3.51. The van der Waals surface area contributed by atoms with Crippen molar-refractivity contribution in [3.05, 3.63) is 0 Å². The summed E-state index contributed by atoms with van der Waals surface area (Å²) >= 11 is 0. The van der Waals surface area contributed by atoms with Gasteiger partial charge in [0.1, 0.15) is 0 Å². The summed E-state index contributed by atoms with van der Waals surface area (Å²) in [7, 11) is 4.12. The van der Waals surface area contributed by atoms with Crippen molar-refractivity contribution in [2.45, 2.75) is 19.8 Å². The first-order valence-corrected chi connectivity index (χ1v) is 6.80. The lowest BCUT2D eigenvalue weighted by Crippen LogP contribution is -2.47. The minimum atomic E-state index is -0.884. The molecule has 19 heavy (non-hydrogen) atoms. The Morgan fingerprint density at radius 1 is 1.37 bits per heavy atom. The van der Waals surface area contributed by atoms with E-state index in [0.29, 0.717) is 5.92 Å². The van der Waals surface area contributed by atoms with Crippen molar-refractivity contribution in [3.8, 4) is 0 Å². The van der Waals surface area contributed by atoms with Gasteiger partial charge in [-0.2, -0.15) is 0 Å². The van der Waals surface area contributed by atoms with E-state index in [-0.39, 0.29) is 12.6 Å². The molecule has 0 saturated carbocycles. The third kappa shape index (κ3) is 5.46. The van der Waals surface area contributed by atoms with Crippen molar-refractivity contribution in [2.75, 3.05) is 40.3 Å². The zero-order chi connectivity index (χ0) is 14.4. The average Bonchev–Trinajstić information content (AvgIpc) is 2.35. The number of aliphatic carboxylic acids is 1. The third-order valence-corrected chi connectivity index (χ3v) is 3.51. The van der Waals surface area contributed by atoms with Crippen LogP contribution in [0, 0.1) is 11.8 Å². The second-order valence-electron chi connectivity index (χ2n) is 5.62. The lowest BCUT2D eigenvalue weighted by molar-refractivity contribution is -0.140. The first-order chi connectivity index (χ1) is 8.90. The molecular formula is C13H25N3O3. The largest absolute Gasteiger partial charge is 0.481 e. The molecule has 1 aliphatic heterocycles. The minimum Gasteiger partial charge on any atom is -0.481 e. The van der Waals surface area contributed by atoms with Gasteiger partial charge in [0.2, 0.25) is 0 Å². The Hall–Kier alpha value is -1.30. The van der Waals surface area contributed by atoms with Crippen molar-refractivity contribution in [1.82, 2.24) is 15.1 Å². The van der Waals surface area contributed by atoms with Crippen LogP contribution in [-0.2, 0) is 4.79 Å². The van der Waals surface area contributed by atoms with Crippen molar-refractivity contribution in [2.24, 2.45) is 11.8 Å². The number of hydrogen-bond donors (Lipinski definition) is 2. The van der Waals surface area contributed by atoms with Gasteiger partial charge < -0.3 is 20.2 Å². The molecule has 0 bridgehead atoms. The summed E-state index contributed by atoms with van der Waals surface area (Å²) < 4.78 is 0. The summed E-state index contributed by atoms with van der Waals surface area (Å²) in [6.45, 7) is 4.35. The maximum Gasteiger partial charge on any atom is 0.317 e. The number of hydrogen-bond acceptors (Lipinski definition) is 3. The molecule has 0 spiro atoms. The Bertz CT molecular complexity index is 312. The normalized spacial score (nSPS) is 18.4. The Morgan fingerprint density at radius 3 is 2.42 bits per heavy atom. The van der Waals surface area contributed by atoms with E-state index < -0.39 is 11.9 Å². The molecule has 0 aromatic heterocycles. The van der Waals surface area contributed by atoms with E-state index in [2.05, 4.69) is 24.3 Å². The van der Waals surface area contributed by atoms with E-state index in [1.807, 2.05) is 0 Å². The Morgan fingerprint density at radius 2 is 1.95 bits per heavy atom. The fourth-order valence-electron chi connectivity index (χ4n) is 2.27. The van der Waals surface area contributed by atoms with Crippen molar-refractivity contribution >= 4 is 12.0 Å². The number of urea groups is 1. The highest BCUT2D eigenvalue weighted by Crippen LogP contribution is 2.17. The SMILES string of the molecule is CC(CNC(=O)N1CCC(CN(C)C)CC1)C(=O)O. The quantitative estimate of drug-likeness (QED) is 0.771. The van der Waals surface area contributed by atoms with Crippen LogP contribution in [0.4, 0.5) is 4.79 Å². The highest BCUT2D eigenvalue weighted by atomic mass is 16.4. The molecule has 0 aromatic rings. The van der Waals surface area contributed by atoms with Crippen LogP contribution in [-0.4, -0.2) is 67.2 Å². The van der Waals surface area contributed by atoms with Crippen LogP contribution in [0.15, 0.2) is 0 Å². The summed E-state index contributed by atoms with van der Waals surface area (Å²) in [5.41, 5.74) is 0. The first kappa shape index (κ1) is 15.8. The van der Waals surface area contributed by atoms with Crippen molar-refractivity contribution < 1.29 is 14.7 Å². The lowest BCUT2D eigenvalue weighted by Gasteiger charge is -2.33. The fraction of sp³-hybridized carbons (Fsp3) is 0.846. The van der Waals surface area contributed by atoms with E-state index in [9.17, 15) is 9.59 Å². The minimum absolute atomic E-state index is 0.142. The molecule has 1 fully saturated rings. The summed E-state index contributed by atoms with van der Waals surface area (Å²) in [6.07, 6.45) is 2.03. The van der Waals surface area contributed by atoms with Gasteiger partial charge in [0, 0.05) is 26.2 Å². The topological polar surface area (TPSA) is 72.9 Å². The van der Waals surface area contributed by atoms with E-state index in [4.69, 9.17) is 5.11 Å². The molecule has 6 nitrogen and oxygen atoms in total. The Balaban J connectivity index is 2.27. The average molecular weight is 271 g/mol. The van der Waals surface area contributed by atoms with Gasteiger partial charge in [-0.05, 0) is 32.9 Å². The summed E-state index contributed by atoms with van der Waals surface area (Å²) in [5, 5.41) is 11.4. The molecule has 0 radical (unpaired) electrons. The predicted molar refractivity (Wildman–Crippen MR) is 73.0 cm³/mol. The van der Waals surface area contributed by atoms with Crippen LogP contribution >= 0.6 is 0 Å². The van der Waals surface area contributed by atoms with Gasteiger partial charge in [-0.3, -0.25) is 4.79 Å². The number of carbonyl (C=O) groups excluding carboxylic acids is 1. The number of carboxylic acids is 1. The van der Waals surface area contributed by atoms with E-state index in [0.717, 1.165) is 32.5 Å². The van der Waals surface area contributed by atoms with Crippen LogP contribution in [0.25, 0.3) is 0 Å². The second kappa shape index (κ2) is 7.33. The molecule has 1 rings (SSSR count). The smallest absolute Gasteiger partial charge is 0.317 e. The number of piperidine rings is 1. The summed E-state index contributed by atoms with van der Waals surface area (Å²) in [5.74, 6) is -0.780. The van der Waals surface area contributed by atoms with Gasteiger partial charge in [-0.1, -0.05) is 6.92 Å². The number of carbonyl (C=O) groups is 2. The predicted octanol–water partition coefficient (Wildman–Crippen LogP) is 0.690. The number of nitrogens with zero attached hydrogens (tertiary/aromatic N) is 2. The molecule has 2 N–H and O–H groups in total. The second-order valence-corrected chi connectivity index (χ2v) is 5.62. The molecule has 0 aromatic carbocycles. The van der Waals surface area contributed by atoms with Gasteiger partial charge in [-0.25, -0.2) is 4.79 Å². The van der Waals surface area contributed by atoms with Crippen LogP contribution in [0.3, 0.4) is 0 Å². The molecule has 1 heterocycles. The van der Waals surface area contributed by atoms with Gasteiger partial charge in [0.05, 0.1) is 5.92 Å². The maximum absolute atomic E-state index is 11.9. The van der Waals surface area contributed by atoms with Crippen molar-refractivity contribution in [1.29, 1.82) is 0 Å². The van der Waals surface area contributed by atoms with Gasteiger partial charge in [0.15, 0.2) is 0 Å². The van der Waals surface area contributed by atoms with Crippen LogP contribution in [0.1, 0.15) is 19.8 Å². The van der Waals surface area contributed by atoms with Crippen molar-refractivity contribution in [3.63, 3.8) is 0 Å². The van der Waals surface area contributed by atoms with Gasteiger partial charge >= 0.3 is 12.0 Å². The van der Waals surface area contributed by atoms with E-state index in [1.165, 1.54) is 0 Å². The zero-order valence-corrected chi connectivity index (χ0v) is 12.1. The Labute approximate surface area is 114 Å². The van der Waals surface area contributed by atoms with Crippen LogP contribution in [0.5, 0.6) is 0 Å².